The van der Waals surface area contributed by atoms with E-state index >= 15 is 0 Å². The predicted molar refractivity (Wildman–Crippen MR) is 83.1 cm³/mol. The van der Waals surface area contributed by atoms with Crippen molar-refractivity contribution in [3.05, 3.63) is 30.3 Å². The SMILES string of the molecule is CC(C)N(C)CCNC1CC(=O)N(c2ccccc2)C1=O. The van der Waals surface area contributed by atoms with Crippen LogP contribution in [-0.2, 0) is 9.59 Å². The van der Waals surface area contributed by atoms with E-state index in [1.54, 1.807) is 12.1 Å². The smallest absolute Gasteiger partial charge is 0.251 e. The van der Waals surface area contributed by atoms with Crippen molar-refractivity contribution in [2.24, 2.45) is 0 Å². The van der Waals surface area contributed by atoms with E-state index in [2.05, 4.69) is 24.1 Å². The highest BCUT2D eigenvalue weighted by Gasteiger charge is 2.38. The van der Waals surface area contributed by atoms with Crippen LogP contribution in [0.5, 0.6) is 0 Å². The lowest BCUT2D eigenvalue weighted by Crippen LogP contribution is -2.42. The van der Waals surface area contributed by atoms with Gasteiger partial charge in [0.25, 0.3) is 5.91 Å². The first-order valence-corrected chi connectivity index (χ1v) is 7.36. The van der Waals surface area contributed by atoms with Crippen LogP contribution in [0.3, 0.4) is 0 Å². The van der Waals surface area contributed by atoms with Crippen LogP contribution in [0.2, 0.25) is 0 Å². The minimum atomic E-state index is -0.404. The Morgan fingerprint density at radius 3 is 2.57 bits per heavy atom. The Labute approximate surface area is 125 Å². The van der Waals surface area contributed by atoms with E-state index in [4.69, 9.17) is 0 Å². The van der Waals surface area contributed by atoms with Crippen LogP contribution in [0.4, 0.5) is 5.69 Å². The van der Waals surface area contributed by atoms with Gasteiger partial charge >= 0.3 is 0 Å². The summed E-state index contributed by atoms with van der Waals surface area (Å²) in [5.41, 5.74) is 0.649. The lowest BCUT2D eigenvalue weighted by Gasteiger charge is -2.22. The summed E-state index contributed by atoms with van der Waals surface area (Å²) in [6, 6.07) is 9.15. The third kappa shape index (κ3) is 3.68. The minimum Gasteiger partial charge on any atom is -0.304 e. The fourth-order valence-corrected chi connectivity index (χ4v) is 2.31. The highest BCUT2D eigenvalue weighted by molar-refractivity contribution is 6.22. The molecule has 5 heteroatoms. The average Bonchev–Trinajstić information content (AvgIpc) is 2.74. The molecule has 1 aliphatic rings. The molecular weight excluding hydrogens is 266 g/mol. The number of para-hydroxylation sites is 1. The van der Waals surface area contributed by atoms with Crippen LogP contribution >= 0.6 is 0 Å². The maximum Gasteiger partial charge on any atom is 0.251 e. The third-order valence-electron chi connectivity index (χ3n) is 3.90. The molecule has 1 aliphatic heterocycles. The summed E-state index contributed by atoms with van der Waals surface area (Å²) in [4.78, 5) is 27.9. The highest BCUT2D eigenvalue weighted by Crippen LogP contribution is 2.22. The van der Waals surface area contributed by atoms with Gasteiger partial charge in [0.05, 0.1) is 18.2 Å². The number of hydrogen-bond acceptors (Lipinski definition) is 4. The molecule has 2 amide bonds. The molecule has 1 aromatic rings. The monoisotopic (exact) mass is 289 g/mol. The summed E-state index contributed by atoms with van der Waals surface area (Å²) in [7, 11) is 2.05. The molecule has 0 aromatic heterocycles. The Bertz CT molecular complexity index is 502. The van der Waals surface area contributed by atoms with E-state index < -0.39 is 6.04 Å². The molecule has 0 spiro atoms. The largest absolute Gasteiger partial charge is 0.304 e. The van der Waals surface area contributed by atoms with Gasteiger partial charge < -0.3 is 10.2 Å². The first kappa shape index (κ1) is 15.7. The maximum absolute atomic E-state index is 12.4. The molecule has 0 bridgehead atoms. The van der Waals surface area contributed by atoms with Gasteiger partial charge in [-0.2, -0.15) is 0 Å². The van der Waals surface area contributed by atoms with Gasteiger partial charge in [-0.1, -0.05) is 18.2 Å². The molecule has 21 heavy (non-hydrogen) atoms. The van der Waals surface area contributed by atoms with Crippen LogP contribution in [-0.4, -0.2) is 48.9 Å². The number of carbonyl (C=O) groups excluding carboxylic acids is 2. The quantitative estimate of drug-likeness (QED) is 0.801. The van der Waals surface area contributed by atoms with Gasteiger partial charge in [0, 0.05) is 19.1 Å². The number of amides is 2. The molecule has 0 saturated carbocycles. The number of nitrogens with zero attached hydrogens (tertiary/aromatic N) is 2. The zero-order valence-corrected chi connectivity index (χ0v) is 12.9. The molecule has 0 aliphatic carbocycles. The zero-order valence-electron chi connectivity index (χ0n) is 12.9. The number of carbonyl (C=O) groups is 2. The summed E-state index contributed by atoms with van der Waals surface area (Å²) in [6.45, 7) is 5.80. The van der Waals surface area contributed by atoms with Crippen molar-refractivity contribution < 1.29 is 9.59 Å². The summed E-state index contributed by atoms with van der Waals surface area (Å²) in [5.74, 6) is -0.292. The van der Waals surface area contributed by atoms with Crippen molar-refractivity contribution in [3.63, 3.8) is 0 Å². The average molecular weight is 289 g/mol. The lowest BCUT2D eigenvalue weighted by molar-refractivity contribution is -0.121. The molecule has 1 heterocycles. The third-order valence-corrected chi connectivity index (χ3v) is 3.90. The van der Waals surface area contributed by atoms with Gasteiger partial charge in [0.2, 0.25) is 5.91 Å². The molecule has 0 radical (unpaired) electrons. The first-order chi connectivity index (χ1) is 10.0. The van der Waals surface area contributed by atoms with Gasteiger partial charge in [-0.05, 0) is 33.0 Å². The van der Waals surface area contributed by atoms with E-state index in [0.29, 0.717) is 18.3 Å². The highest BCUT2D eigenvalue weighted by atomic mass is 16.2. The van der Waals surface area contributed by atoms with Crippen LogP contribution in [0, 0.1) is 0 Å². The van der Waals surface area contributed by atoms with Crippen molar-refractivity contribution in [3.8, 4) is 0 Å². The fraction of sp³-hybridized carbons (Fsp3) is 0.500. The molecule has 1 unspecified atom stereocenters. The number of rotatable bonds is 6. The van der Waals surface area contributed by atoms with Gasteiger partial charge in [-0.15, -0.1) is 0 Å². The second-order valence-electron chi connectivity index (χ2n) is 5.69. The normalized spacial score (nSPS) is 19.1. The molecule has 114 valence electrons. The van der Waals surface area contributed by atoms with E-state index in [1.807, 2.05) is 25.2 Å². The van der Waals surface area contributed by atoms with Crippen molar-refractivity contribution in [1.29, 1.82) is 0 Å². The van der Waals surface area contributed by atoms with Crippen LogP contribution in [0.15, 0.2) is 30.3 Å². The molecule has 1 atom stereocenters. The summed E-state index contributed by atoms with van der Waals surface area (Å²) >= 11 is 0. The van der Waals surface area contributed by atoms with Crippen LogP contribution < -0.4 is 10.2 Å². The number of benzene rings is 1. The number of hydrogen-bond donors (Lipinski definition) is 1. The van der Waals surface area contributed by atoms with Gasteiger partial charge in [0.1, 0.15) is 0 Å². The molecular formula is C16H23N3O2. The van der Waals surface area contributed by atoms with Gasteiger partial charge in [0.15, 0.2) is 0 Å². The summed E-state index contributed by atoms with van der Waals surface area (Å²) in [6.07, 6.45) is 0.235. The minimum absolute atomic E-state index is 0.138. The second kappa shape index (κ2) is 6.83. The number of likely N-dealkylation sites (N-methyl/N-ethyl adjacent to an activating group) is 1. The standard InChI is InChI=1S/C16H23N3O2/c1-12(2)18(3)10-9-17-14-11-15(20)19(16(14)21)13-7-5-4-6-8-13/h4-8,12,14,17H,9-11H2,1-3H3. The van der Waals surface area contributed by atoms with E-state index in [1.165, 1.54) is 4.90 Å². The molecule has 1 aromatic carbocycles. The Hall–Kier alpha value is -1.72. The fourth-order valence-electron chi connectivity index (χ4n) is 2.31. The summed E-state index contributed by atoms with van der Waals surface area (Å²) < 4.78 is 0. The second-order valence-corrected chi connectivity index (χ2v) is 5.69. The molecule has 1 N–H and O–H groups in total. The Balaban J connectivity index is 1.93. The van der Waals surface area contributed by atoms with Crippen LogP contribution in [0.25, 0.3) is 0 Å². The molecule has 1 saturated heterocycles. The van der Waals surface area contributed by atoms with E-state index in [0.717, 1.165) is 6.54 Å². The maximum atomic E-state index is 12.4. The van der Waals surface area contributed by atoms with Crippen molar-refractivity contribution in [2.45, 2.75) is 32.4 Å². The van der Waals surface area contributed by atoms with Crippen molar-refractivity contribution in [2.75, 3.05) is 25.0 Å². The van der Waals surface area contributed by atoms with Crippen molar-refractivity contribution in [1.82, 2.24) is 10.2 Å². The van der Waals surface area contributed by atoms with E-state index in [9.17, 15) is 9.59 Å². The number of nitrogens with one attached hydrogen (secondary N) is 1. The van der Waals surface area contributed by atoms with Gasteiger partial charge in [-0.25, -0.2) is 4.90 Å². The number of imide groups is 1. The van der Waals surface area contributed by atoms with E-state index in [-0.39, 0.29) is 18.2 Å². The van der Waals surface area contributed by atoms with Crippen molar-refractivity contribution >= 4 is 17.5 Å². The van der Waals surface area contributed by atoms with Crippen LogP contribution in [0.1, 0.15) is 20.3 Å². The Morgan fingerprint density at radius 1 is 1.29 bits per heavy atom. The molecule has 2 rings (SSSR count). The Kier molecular flexibility index (Phi) is 5.09. The topological polar surface area (TPSA) is 52.7 Å². The predicted octanol–water partition coefficient (Wildman–Crippen LogP) is 1.25. The molecule has 1 fully saturated rings. The first-order valence-electron chi connectivity index (χ1n) is 7.36. The lowest BCUT2D eigenvalue weighted by atomic mass is 10.2. The summed E-state index contributed by atoms with van der Waals surface area (Å²) in [5, 5.41) is 3.19. The molecule has 5 nitrogen and oxygen atoms in total. The Morgan fingerprint density at radius 2 is 1.95 bits per heavy atom. The number of anilines is 1. The zero-order chi connectivity index (χ0) is 15.4. The van der Waals surface area contributed by atoms with Gasteiger partial charge in [-0.3, -0.25) is 9.59 Å².